The lowest BCUT2D eigenvalue weighted by atomic mass is 10.2. The van der Waals surface area contributed by atoms with E-state index >= 15 is 0 Å². The highest BCUT2D eigenvalue weighted by molar-refractivity contribution is 7.92. The molecule has 0 spiro atoms. The molecule has 1 aliphatic heterocycles. The first-order chi connectivity index (χ1) is 14.3. The largest absolute Gasteiger partial charge is 0.497 e. The maximum Gasteiger partial charge on any atom is 0.253 e. The molecule has 9 heteroatoms. The summed E-state index contributed by atoms with van der Waals surface area (Å²) in [7, 11) is -1.79. The van der Waals surface area contributed by atoms with Crippen LogP contribution in [0.2, 0.25) is 0 Å². The number of sulfonamides is 1. The maximum absolute atomic E-state index is 12.8. The minimum Gasteiger partial charge on any atom is -0.497 e. The molecule has 0 radical (unpaired) electrons. The average Bonchev–Trinajstić information content (AvgIpc) is 2.98. The van der Waals surface area contributed by atoms with E-state index in [9.17, 15) is 18.0 Å². The molecule has 0 bridgehead atoms. The number of ether oxygens (including phenoxy) is 1. The lowest BCUT2D eigenvalue weighted by Crippen LogP contribution is -2.37. The molecule has 2 aromatic carbocycles. The van der Waals surface area contributed by atoms with Crippen LogP contribution in [0.25, 0.3) is 0 Å². The molecule has 0 saturated carbocycles. The van der Waals surface area contributed by atoms with Crippen molar-refractivity contribution >= 4 is 27.5 Å². The van der Waals surface area contributed by atoms with Crippen molar-refractivity contribution in [2.75, 3.05) is 44.3 Å². The van der Waals surface area contributed by atoms with Gasteiger partial charge in [-0.1, -0.05) is 0 Å². The third-order valence-electron chi connectivity index (χ3n) is 4.84. The number of rotatable bonds is 5. The second-order valence-electron chi connectivity index (χ2n) is 7.12. The second-order valence-corrected chi connectivity index (χ2v) is 8.87. The Morgan fingerprint density at radius 2 is 1.30 bits per heavy atom. The van der Waals surface area contributed by atoms with Crippen molar-refractivity contribution in [1.29, 1.82) is 0 Å². The molecule has 1 fully saturated rings. The number of amides is 2. The van der Waals surface area contributed by atoms with Crippen LogP contribution in [-0.4, -0.2) is 69.6 Å². The lowest BCUT2D eigenvalue weighted by molar-refractivity contribution is 0.0718. The molecule has 0 aliphatic carbocycles. The Balaban J connectivity index is 1.62. The van der Waals surface area contributed by atoms with Crippen LogP contribution >= 0.6 is 0 Å². The van der Waals surface area contributed by atoms with Crippen LogP contribution in [0.1, 0.15) is 27.1 Å². The number of benzene rings is 2. The highest BCUT2D eigenvalue weighted by Gasteiger charge is 2.23. The minimum atomic E-state index is -3.37. The number of carbonyl (C=O) groups is 2. The lowest BCUT2D eigenvalue weighted by Gasteiger charge is -2.22. The predicted octanol–water partition coefficient (Wildman–Crippen LogP) is 2.05. The smallest absolute Gasteiger partial charge is 0.253 e. The van der Waals surface area contributed by atoms with Gasteiger partial charge in [0.25, 0.3) is 11.8 Å². The fraction of sp³-hybridized carbons (Fsp3) is 0.333. The third kappa shape index (κ3) is 5.50. The van der Waals surface area contributed by atoms with Gasteiger partial charge in [0, 0.05) is 43.0 Å². The number of nitrogens with zero attached hydrogens (tertiary/aromatic N) is 2. The van der Waals surface area contributed by atoms with E-state index in [2.05, 4.69) is 4.72 Å². The van der Waals surface area contributed by atoms with Gasteiger partial charge in [0.1, 0.15) is 5.75 Å². The molecule has 160 valence electrons. The molecule has 8 nitrogen and oxygen atoms in total. The van der Waals surface area contributed by atoms with E-state index in [-0.39, 0.29) is 11.8 Å². The fourth-order valence-electron chi connectivity index (χ4n) is 3.32. The van der Waals surface area contributed by atoms with Crippen molar-refractivity contribution in [3.8, 4) is 5.75 Å². The molecule has 1 saturated heterocycles. The molecular weight excluding hydrogens is 406 g/mol. The summed E-state index contributed by atoms with van der Waals surface area (Å²) in [5.41, 5.74) is 1.47. The normalized spacial score (nSPS) is 14.7. The highest BCUT2D eigenvalue weighted by atomic mass is 32.2. The van der Waals surface area contributed by atoms with Gasteiger partial charge < -0.3 is 14.5 Å². The summed E-state index contributed by atoms with van der Waals surface area (Å²) in [5, 5.41) is 0. The van der Waals surface area contributed by atoms with Crippen molar-refractivity contribution in [1.82, 2.24) is 9.80 Å². The number of methoxy groups -OCH3 is 1. The molecule has 1 N–H and O–H groups in total. The van der Waals surface area contributed by atoms with Crippen molar-refractivity contribution in [3.05, 3.63) is 59.7 Å². The summed E-state index contributed by atoms with van der Waals surface area (Å²) >= 11 is 0. The minimum absolute atomic E-state index is 0.0665. The van der Waals surface area contributed by atoms with Gasteiger partial charge >= 0.3 is 0 Å². The van der Waals surface area contributed by atoms with Crippen LogP contribution in [0.15, 0.2) is 48.5 Å². The van der Waals surface area contributed by atoms with E-state index < -0.39 is 10.0 Å². The molecule has 2 amide bonds. The maximum atomic E-state index is 12.8. The number of carbonyl (C=O) groups excluding carboxylic acids is 2. The van der Waals surface area contributed by atoms with Gasteiger partial charge in [-0.15, -0.1) is 0 Å². The zero-order valence-electron chi connectivity index (χ0n) is 17.0. The Bertz CT molecular complexity index is 1000. The highest BCUT2D eigenvalue weighted by Crippen LogP contribution is 2.17. The fourth-order valence-corrected chi connectivity index (χ4v) is 3.88. The Labute approximate surface area is 176 Å². The van der Waals surface area contributed by atoms with E-state index in [1.807, 2.05) is 0 Å². The Hall–Kier alpha value is -3.07. The predicted molar refractivity (Wildman–Crippen MR) is 114 cm³/mol. The SMILES string of the molecule is COc1ccc(C(=O)N2CCCN(C(=O)c3ccc(NS(C)(=O)=O)cc3)CC2)cc1. The second kappa shape index (κ2) is 9.17. The summed E-state index contributed by atoms with van der Waals surface area (Å²) in [6.07, 6.45) is 1.75. The van der Waals surface area contributed by atoms with Gasteiger partial charge in [0.2, 0.25) is 10.0 Å². The van der Waals surface area contributed by atoms with Crippen LogP contribution < -0.4 is 9.46 Å². The van der Waals surface area contributed by atoms with Gasteiger partial charge in [-0.05, 0) is 55.0 Å². The van der Waals surface area contributed by atoms with Gasteiger partial charge in [-0.3, -0.25) is 14.3 Å². The zero-order valence-corrected chi connectivity index (χ0v) is 17.8. The van der Waals surface area contributed by atoms with Gasteiger partial charge in [0.05, 0.1) is 13.4 Å². The summed E-state index contributed by atoms with van der Waals surface area (Å²) in [4.78, 5) is 29.1. The quantitative estimate of drug-likeness (QED) is 0.782. The summed E-state index contributed by atoms with van der Waals surface area (Å²) in [5.74, 6) is 0.486. The first-order valence-corrected chi connectivity index (χ1v) is 11.5. The number of hydrogen-bond donors (Lipinski definition) is 1. The van der Waals surface area contributed by atoms with Crippen LogP contribution in [0.3, 0.4) is 0 Å². The van der Waals surface area contributed by atoms with Crippen LogP contribution in [0.5, 0.6) is 5.75 Å². The number of nitrogens with one attached hydrogen (secondary N) is 1. The van der Waals surface area contributed by atoms with Gasteiger partial charge in [-0.2, -0.15) is 0 Å². The molecule has 30 heavy (non-hydrogen) atoms. The van der Waals surface area contributed by atoms with Crippen LogP contribution in [0.4, 0.5) is 5.69 Å². The molecule has 1 heterocycles. The molecule has 1 aliphatic rings. The van der Waals surface area contributed by atoms with E-state index in [4.69, 9.17) is 4.74 Å². The van der Waals surface area contributed by atoms with E-state index in [1.165, 1.54) is 0 Å². The monoisotopic (exact) mass is 431 g/mol. The van der Waals surface area contributed by atoms with E-state index in [0.717, 1.165) is 6.26 Å². The standard InChI is InChI=1S/C21H25N3O5S/c1-29-19-10-6-17(7-11-19)21(26)24-13-3-12-23(14-15-24)20(25)16-4-8-18(9-5-16)22-30(2,27)28/h4-11,22H,3,12-15H2,1-2H3. The molecule has 0 aromatic heterocycles. The van der Waals surface area contributed by atoms with Crippen molar-refractivity contribution < 1.29 is 22.7 Å². The molecule has 0 atom stereocenters. The molecular formula is C21H25N3O5S. The summed E-state index contributed by atoms with van der Waals surface area (Å²) in [6, 6.07) is 13.3. The van der Waals surface area contributed by atoms with Crippen LogP contribution in [0, 0.1) is 0 Å². The number of anilines is 1. The summed E-state index contributed by atoms with van der Waals surface area (Å²) < 4.78 is 30.1. The molecule has 0 unspecified atom stereocenters. The van der Waals surface area contributed by atoms with Crippen molar-refractivity contribution in [3.63, 3.8) is 0 Å². The van der Waals surface area contributed by atoms with Crippen molar-refractivity contribution in [2.24, 2.45) is 0 Å². The number of hydrogen-bond acceptors (Lipinski definition) is 5. The van der Waals surface area contributed by atoms with Gasteiger partial charge in [-0.25, -0.2) is 8.42 Å². The Morgan fingerprint density at radius 1 is 0.833 bits per heavy atom. The third-order valence-corrected chi connectivity index (χ3v) is 5.45. The first kappa shape index (κ1) is 21.6. The topological polar surface area (TPSA) is 96.0 Å². The van der Waals surface area contributed by atoms with Crippen molar-refractivity contribution in [2.45, 2.75) is 6.42 Å². The molecule has 3 rings (SSSR count). The first-order valence-electron chi connectivity index (χ1n) is 9.57. The van der Waals surface area contributed by atoms with Gasteiger partial charge in [0.15, 0.2) is 0 Å². The van der Waals surface area contributed by atoms with E-state index in [1.54, 1.807) is 65.4 Å². The van der Waals surface area contributed by atoms with E-state index in [0.29, 0.717) is 55.2 Å². The Morgan fingerprint density at radius 3 is 1.73 bits per heavy atom. The van der Waals surface area contributed by atoms with Crippen LogP contribution in [-0.2, 0) is 10.0 Å². The zero-order chi connectivity index (χ0) is 21.7. The summed E-state index contributed by atoms with van der Waals surface area (Å²) in [6.45, 7) is 2.01. The molecule has 2 aromatic rings. The average molecular weight is 432 g/mol. The Kier molecular flexibility index (Phi) is 6.61.